The number of aromatic nitrogens is 1. The van der Waals surface area contributed by atoms with Crippen molar-refractivity contribution in [2.75, 3.05) is 0 Å². The van der Waals surface area contributed by atoms with E-state index in [1.54, 1.807) is 17.6 Å². The van der Waals surface area contributed by atoms with Crippen molar-refractivity contribution < 1.29 is 4.39 Å². The number of aryl methyl sites for hydroxylation is 1. The lowest BCUT2D eigenvalue weighted by molar-refractivity contribution is 0.626. The summed E-state index contributed by atoms with van der Waals surface area (Å²) >= 11 is 1.53. The molecule has 0 radical (unpaired) electrons. The van der Waals surface area contributed by atoms with Crippen LogP contribution in [0.5, 0.6) is 0 Å². The first-order valence-electron chi connectivity index (χ1n) is 4.59. The Bertz CT molecular complexity index is 450. The summed E-state index contributed by atoms with van der Waals surface area (Å²) in [5.74, 6) is -0.244. The molecule has 2 rings (SSSR count). The van der Waals surface area contributed by atoms with Gasteiger partial charge in [-0.3, -0.25) is 0 Å². The number of rotatable bonds is 2. The van der Waals surface area contributed by atoms with E-state index >= 15 is 0 Å². The summed E-state index contributed by atoms with van der Waals surface area (Å²) in [5, 5.41) is 0. The summed E-state index contributed by atoms with van der Waals surface area (Å²) in [6.07, 6.45) is 0. The molecule has 1 atom stereocenters. The van der Waals surface area contributed by atoms with E-state index in [2.05, 4.69) is 4.98 Å². The molecule has 0 aliphatic rings. The molecule has 0 spiro atoms. The van der Waals surface area contributed by atoms with Crippen molar-refractivity contribution in [1.29, 1.82) is 0 Å². The average molecular weight is 222 g/mol. The molecule has 1 aromatic heterocycles. The van der Waals surface area contributed by atoms with E-state index in [0.717, 1.165) is 16.1 Å². The van der Waals surface area contributed by atoms with Crippen molar-refractivity contribution in [3.63, 3.8) is 0 Å². The summed E-state index contributed by atoms with van der Waals surface area (Å²) in [7, 11) is 0. The summed E-state index contributed by atoms with van der Waals surface area (Å²) < 4.78 is 12.7. The molecule has 0 aliphatic heterocycles. The standard InChI is InChI=1S/C11H11FN2S/c1-7-11(15-6-14-7)10(13)8-2-4-9(12)5-3-8/h2-6,10H,13H2,1H3. The minimum atomic E-state index is -0.244. The van der Waals surface area contributed by atoms with E-state index in [1.807, 2.05) is 6.92 Å². The van der Waals surface area contributed by atoms with Crippen LogP contribution in [0.1, 0.15) is 22.2 Å². The largest absolute Gasteiger partial charge is 0.320 e. The molecule has 0 saturated heterocycles. The number of nitrogens with zero attached hydrogens (tertiary/aromatic N) is 1. The zero-order valence-corrected chi connectivity index (χ0v) is 9.09. The number of halogens is 1. The third kappa shape index (κ3) is 2.06. The molecule has 0 amide bonds. The van der Waals surface area contributed by atoms with E-state index in [9.17, 15) is 4.39 Å². The third-order valence-electron chi connectivity index (χ3n) is 2.29. The maximum Gasteiger partial charge on any atom is 0.123 e. The molecule has 2 aromatic rings. The number of benzene rings is 1. The van der Waals surface area contributed by atoms with Crippen molar-refractivity contribution in [1.82, 2.24) is 4.98 Å². The average Bonchev–Trinajstić information content (AvgIpc) is 2.65. The van der Waals surface area contributed by atoms with E-state index in [0.29, 0.717) is 0 Å². The molecule has 4 heteroatoms. The van der Waals surface area contributed by atoms with Gasteiger partial charge in [0.2, 0.25) is 0 Å². The molecule has 0 aliphatic carbocycles. The number of thiazole rings is 1. The van der Waals surface area contributed by atoms with Gasteiger partial charge in [-0.25, -0.2) is 9.37 Å². The maximum atomic E-state index is 12.7. The van der Waals surface area contributed by atoms with Crippen molar-refractivity contribution >= 4 is 11.3 Å². The van der Waals surface area contributed by atoms with Crippen molar-refractivity contribution in [2.24, 2.45) is 5.73 Å². The van der Waals surface area contributed by atoms with Gasteiger partial charge in [0.25, 0.3) is 0 Å². The smallest absolute Gasteiger partial charge is 0.123 e. The first kappa shape index (κ1) is 10.3. The maximum absolute atomic E-state index is 12.7. The van der Waals surface area contributed by atoms with Gasteiger partial charge in [-0.05, 0) is 24.6 Å². The van der Waals surface area contributed by atoms with Crippen LogP contribution < -0.4 is 5.73 Å². The first-order valence-corrected chi connectivity index (χ1v) is 5.47. The number of nitrogens with two attached hydrogens (primary N) is 1. The highest BCUT2D eigenvalue weighted by atomic mass is 32.1. The topological polar surface area (TPSA) is 38.9 Å². The number of hydrogen-bond donors (Lipinski definition) is 1. The van der Waals surface area contributed by atoms with E-state index in [-0.39, 0.29) is 11.9 Å². The fourth-order valence-corrected chi connectivity index (χ4v) is 2.26. The van der Waals surface area contributed by atoms with Gasteiger partial charge < -0.3 is 5.73 Å². The normalized spacial score (nSPS) is 12.7. The Kier molecular flexibility index (Phi) is 2.79. The highest BCUT2D eigenvalue weighted by Crippen LogP contribution is 2.25. The summed E-state index contributed by atoms with van der Waals surface area (Å²) in [4.78, 5) is 5.17. The molecular weight excluding hydrogens is 211 g/mol. The zero-order chi connectivity index (χ0) is 10.8. The third-order valence-corrected chi connectivity index (χ3v) is 3.31. The Morgan fingerprint density at radius 1 is 1.33 bits per heavy atom. The van der Waals surface area contributed by atoms with Crippen LogP contribution in [0.4, 0.5) is 4.39 Å². The second kappa shape index (κ2) is 4.08. The van der Waals surface area contributed by atoms with Gasteiger partial charge in [0.05, 0.1) is 17.2 Å². The van der Waals surface area contributed by atoms with Gasteiger partial charge in [-0.1, -0.05) is 12.1 Å². The van der Waals surface area contributed by atoms with Crippen LogP contribution in [-0.4, -0.2) is 4.98 Å². The van der Waals surface area contributed by atoms with Crippen molar-refractivity contribution in [2.45, 2.75) is 13.0 Å². The predicted molar refractivity (Wildman–Crippen MR) is 59.3 cm³/mol. The monoisotopic (exact) mass is 222 g/mol. The SMILES string of the molecule is Cc1ncsc1C(N)c1ccc(F)cc1. The first-order chi connectivity index (χ1) is 7.18. The summed E-state index contributed by atoms with van der Waals surface area (Å²) in [6, 6.07) is 6.05. The highest BCUT2D eigenvalue weighted by molar-refractivity contribution is 7.09. The van der Waals surface area contributed by atoms with E-state index < -0.39 is 0 Å². The minimum Gasteiger partial charge on any atom is -0.320 e. The highest BCUT2D eigenvalue weighted by Gasteiger charge is 2.13. The molecule has 0 bridgehead atoms. The predicted octanol–water partition coefficient (Wildman–Crippen LogP) is 2.64. The van der Waals surface area contributed by atoms with Crippen LogP contribution in [0.25, 0.3) is 0 Å². The molecule has 0 saturated carbocycles. The molecule has 78 valence electrons. The lowest BCUT2D eigenvalue weighted by Crippen LogP contribution is -2.11. The zero-order valence-electron chi connectivity index (χ0n) is 8.27. The van der Waals surface area contributed by atoms with Gasteiger partial charge in [0, 0.05) is 4.88 Å². The Morgan fingerprint density at radius 3 is 2.53 bits per heavy atom. The van der Waals surface area contributed by atoms with E-state index in [4.69, 9.17) is 5.73 Å². The number of hydrogen-bond acceptors (Lipinski definition) is 3. The fourth-order valence-electron chi connectivity index (χ4n) is 1.43. The molecule has 15 heavy (non-hydrogen) atoms. The van der Waals surface area contributed by atoms with Crippen LogP contribution in [0.2, 0.25) is 0 Å². The molecule has 2 N–H and O–H groups in total. The van der Waals surface area contributed by atoms with Gasteiger partial charge in [-0.15, -0.1) is 11.3 Å². The lowest BCUT2D eigenvalue weighted by atomic mass is 10.1. The minimum absolute atomic E-state index is 0.210. The van der Waals surface area contributed by atoms with Crippen LogP contribution in [0.15, 0.2) is 29.8 Å². The Balaban J connectivity index is 2.32. The molecule has 1 unspecified atom stereocenters. The van der Waals surface area contributed by atoms with Crippen molar-refractivity contribution in [3.8, 4) is 0 Å². The van der Waals surface area contributed by atoms with Gasteiger partial charge >= 0.3 is 0 Å². The van der Waals surface area contributed by atoms with Gasteiger partial charge in [0.1, 0.15) is 5.82 Å². The Labute approximate surface area is 91.6 Å². The van der Waals surface area contributed by atoms with Crippen LogP contribution in [-0.2, 0) is 0 Å². The molecule has 1 heterocycles. The molecule has 0 fully saturated rings. The Hall–Kier alpha value is -1.26. The Morgan fingerprint density at radius 2 is 2.00 bits per heavy atom. The second-order valence-electron chi connectivity index (χ2n) is 3.33. The van der Waals surface area contributed by atoms with Crippen LogP contribution in [0, 0.1) is 12.7 Å². The quantitative estimate of drug-likeness (QED) is 0.848. The molecular formula is C11H11FN2S. The summed E-state index contributed by atoms with van der Waals surface area (Å²) in [5.41, 5.74) is 9.68. The summed E-state index contributed by atoms with van der Waals surface area (Å²) in [6.45, 7) is 1.93. The van der Waals surface area contributed by atoms with Crippen molar-refractivity contribution in [3.05, 3.63) is 51.7 Å². The van der Waals surface area contributed by atoms with E-state index in [1.165, 1.54) is 23.5 Å². The molecule has 1 aromatic carbocycles. The van der Waals surface area contributed by atoms with Crippen LogP contribution in [0.3, 0.4) is 0 Å². The molecule has 2 nitrogen and oxygen atoms in total. The van der Waals surface area contributed by atoms with Crippen LogP contribution >= 0.6 is 11.3 Å². The van der Waals surface area contributed by atoms with Gasteiger partial charge in [-0.2, -0.15) is 0 Å². The second-order valence-corrected chi connectivity index (χ2v) is 4.22. The fraction of sp³-hybridized carbons (Fsp3) is 0.182. The van der Waals surface area contributed by atoms with Gasteiger partial charge in [0.15, 0.2) is 0 Å². The lowest BCUT2D eigenvalue weighted by Gasteiger charge is -2.10.